The van der Waals surface area contributed by atoms with Gasteiger partial charge in [0.1, 0.15) is 11.5 Å². The normalized spacial score (nSPS) is 11.2. The molecular weight excluding hydrogens is 462 g/mol. The van der Waals surface area contributed by atoms with Gasteiger partial charge in [-0.1, -0.05) is 29.8 Å². The van der Waals surface area contributed by atoms with Gasteiger partial charge in [-0.3, -0.25) is 4.79 Å². The number of nitrogens with two attached hydrogens (primary N) is 2. The third-order valence-electron chi connectivity index (χ3n) is 5.19. The Kier molecular flexibility index (Phi) is 8.40. The van der Waals surface area contributed by atoms with Gasteiger partial charge < -0.3 is 25.7 Å². The molecule has 0 amide bonds. The number of guanidine groups is 1. The summed E-state index contributed by atoms with van der Waals surface area (Å²) in [5.41, 5.74) is 14.0. The molecule has 0 aliphatic carbocycles. The van der Waals surface area contributed by atoms with E-state index in [9.17, 15) is 14.4 Å². The molecule has 1 atom stereocenters. The summed E-state index contributed by atoms with van der Waals surface area (Å²) >= 11 is 0. The van der Waals surface area contributed by atoms with Gasteiger partial charge in [0.15, 0.2) is 12.6 Å². The average Bonchev–Trinajstić information content (AvgIpc) is 2.84. The molecule has 0 aliphatic heterocycles. The fourth-order valence-corrected chi connectivity index (χ4v) is 3.27. The first-order valence-electron chi connectivity index (χ1n) is 11.1. The Morgan fingerprint density at radius 2 is 1.56 bits per heavy atom. The van der Waals surface area contributed by atoms with Crippen molar-refractivity contribution in [3.05, 3.63) is 89.0 Å². The van der Waals surface area contributed by atoms with E-state index in [1.54, 1.807) is 61.5 Å². The molecule has 0 aromatic heterocycles. The summed E-state index contributed by atoms with van der Waals surface area (Å²) in [6.45, 7) is 4.91. The number of hydrogen-bond acceptors (Lipinski definition) is 7. The summed E-state index contributed by atoms with van der Waals surface area (Å²) < 4.78 is 15.8. The van der Waals surface area contributed by atoms with E-state index in [1.807, 2.05) is 26.0 Å². The van der Waals surface area contributed by atoms with E-state index in [1.165, 1.54) is 0 Å². The Hall–Kier alpha value is -4.66. The number of nitrogens with zero attached hydrogens (tertiary/aromatic N) is 1. The molecule has 9 heteroatoms. The zero-order chi connectivity index (χ0) is 26.2. The highest BCUT2D eigenvalue weighted by Gasteiger charge is 2.19. The van der Waals surface area contributed by atoms with Crippen molar-refractivity contribution >= 4 is 29.6 Å². The minimum atomic E-state index is -0.670. The van der Waals surface area contributed by atoms with Crippen LogP contribution in [0.15, 0.2) is 71.7 Å². The second kappa shape index (κ2) is 11.7. The molecule has 1 unspecified atom stereocenters. The van der Waals surface area contributed by atoms with Crippen LogP contribution in [0.1, 0.15) is 39.9 Å². The van der Waals surface area contributed by atoms with Crippen LogP contribution in [-0.2, 0) is 14.3 Å². The molecule has 0 spiro atoms. The Balaban J connectivity index is 1.52. The van der Waals surface area contributed by atoms with Gasteiger partial charge in [0.25, 0.3) is 0 Å². The highest BCUT2D eigenvalue weighted by Crippen LogP contribution is 2.22. The van der Waals surface area contributed by atoms with Crippen molar-refractivity contribution in [2.75, 3.05) is 6.61 Å². The van der Waals surface area contributed by atoms with Gasteiger partial charge in [-0.25, -0.2) is 14.6 Å². The molecule has 0 saturated heterocycles. The van der Waals surface area contributed by atoms with Gasteiger partial charge in [0.05, 0.1) is 17.2 Å². The summed E-state index contributed by atoms with van der Waals surface area (Å²) in [4.78, 5) is 40.7. The summed E-state index contributed by atoms with van der Waals surface area (Å²) in [6, 6.07) is 18.1. The molecule has 0 fully saturated rings. The molecule has 186 valence electrons. The van der Waals surface area contributed by atoms with Crippen molar-refractivity contribution in [3.63, 3.8) is 0 Å². The molecule has 3 aromatic rings. The van der Waals surface area contributed by atoms with Crippen LogP contribution in [0.4, 0.5) is 5.69 Å². The maximum atomic E-state index is 12.4. The van der Waals surface area contributed by atoms with Crippen molar-refractivity contribution < 1.29 is 28.6 Å². The number of carbonyl (C=O) groups is 3. The molecule has 0 bridgehead atoms. The van der Waals surface area contributed by atoms with E-state index in [0.717, 1.165) is 11.1 Å². The van der Waals surface area contributed by atoms with Crippen LogP contribution in [-0.4, -0.2) is 30.5 Å². The van der Waals surface area contributed by atoms with E-state index in [-0.39, 0.29) is 5.96 Å². The first kappa shape index (κ1) is 26.0. The van der Waals surface area contributed by atoms with E-state index >= 15 is 0 Å². The summed E-state index contributed by atoms with van der Waals surface area (Å²) in [6.07, 6.45) is 0. The van der Waals surface area contributed by atoms with Crippen LogP contribution in [0.25, 0.3) is 0 Å². The molecule has 36 heavy (non-hydrogen) atoms. The number of carbonyl (C=O) groups excluding carboxylic acids is 3. The standard InChI is InChI=1S/C27H27N3O6/c1-16-4-13-23(17(2)14-16)36-24(31)15-34-25(32)18(3)19-7-11-22(12-8-19)35-26(33)20-5-9-21(10-6-20)30-27(28)29/h4-14,18H,15H2,1-3H3,(H4,28,29,30). The lowest BCUT2D eigenvalue weighted by atomic mass is 10.0. The number of esters is 3. The van der Waals surface area contributed by atoms with Crippen molar-refractivity contribution in [1.82, 2.24) is 0 Å². The zero-order valence-electron chi connectivity index (χ0n) is 20.2. The van der Waals surface area contributed by atoms with Crippen LogP contribution in [0.5, 0.6) is 11.5 Å². The number of benzene rings is 3. The number of ether oxygens (including phenoxy) is 3. The summed E-state index contributed by atoms with van der Waals surface area (Å²) in [5, 5.41) is 0. The van der Waals surface area contributed by atoms with Crippen LogP contribution in [0.2, 0.25) is 0 Å². The van der Waals surface area contributed by atoms with Crippen LogP contribution in [0.3, 0.4) is 0 Å². The van der Waals surface area contributed by atoms with Gasteiger partial charge >= 0.3 is 17.9 Å². The summed E-state index contributed by atoms with van der Waals surface area (Å²) in [7, 11) is 0. The average molecular weight is 490 g/mol. The topological polar surface area (TPSA) is 143 Å². The Morgan fingerprint density at radius 1 is 0.889 bits per heavy atom. The Morgan fingerprint density at radius 3 is 2.17 bits per heavy atom. The zero-order valence-corrected chi connectivity index (χ0v) is 20.2. The monoisotopic (exact) mass is 489 g/mol. The number of rotatable bonds is 8. The third kappa shape index (κ3) is 7.17. The minimum Gasteiger partial charge on any atom is -0.453 e. The SMILES string of the molecule is Cc1ccc(OC(=O)COC(=O)C(C)c2ccc(OC(=O)c3ccc(N=C(N)N)cc3)cc2)c(C)c1. The molecule has 0 aliphatic rings. The first-order chi connectivity index (χ1) is 17.1. The summed E-state index contributed by atoms with van der Waals surface area (Å²) in [5.74, 6) is -1.82. The molecule has 9 nitrogen and oxygen atoms in total. The number of aryl methyl sites for hydroxylation is 2. The van der Waals surface area contributed by atoms with E-state index in [4.69, 9.17) is 25.7 Å². The Labute approximate surface area is 208 Å². The van der Waals surface area contributed by atoms with Crippen LogP contribution < -0.4 is 20.9 Å². The fourth-order valence-electron chi connectivity index (χ4n) is 3.27. The maximum Gasteiger partial charge on any atom is 0.349 e. The van der Waals surface area contributed by atoms with Gasteiger partial charge in [-0.2, -0.15) is 0 Å². The first-order valence-corrected chi connectivity index (χ1v) is 11.1. The molecule has 3 rings (SSSR count). The van der Waals surface area contributed by atoms with Gasteiger partial charge in [0, 0.05) is 0 Å². The molecule has 4 N–H and O–H groups in total. The second-order valence-electron chi connectivity index (χ2n) is 8.11. The van der Waals surface area contributed by atoms with Crippen molar-refractivity contribution in [3.8, 4) is 11.5 Å². The van der Waals surface area contributed by atoms with Gasteiger partial charge in [-0.05, 0) is 74.4 Å². The van der Waals surface area contributed by atoms with E-state index < -0.39 is 30.4 Å². The van der Waals surface area contributed by atoms with E-state index in [0.29, 0.717) is 28.3 Å². The lowest BCUT2D eigenvalue weighted by Crippen LogP contribution is -2.22. The van der Waals surface area contributed by atoms with Crippen molar-refractivity contribution in [1.29, 1.82) is 0 Å². The van der Waals surface area contributed by atoms with Gasteiger partial charge in [0.2, 0.25) is 0 Å². The fraction of sp³-hybridized carbons (Fsp3) is 0.185. The minimum absolute atomic E-state index is 0.0826. The molecule has 0 radical (unpaired) electrons. The van der Waals surface area contributed by atoms with Gasteiger partial charge in [-0.15, -0.1) is 0 Å². The quantitative estimate of drug-likeness (QED) is 0.211. The molecular formula is C27H27N3O6. The lowest BCUT2D eigenvalue weighted by molar-refractivity contribution is -0.154. The largest absolute Gasteiger partial charge is 0.453 e. The van der Waals surface area contributed by atoms with Crippen LogP contribution >= 0.6 is 0 Å². The molecule has 0 heterocycles. The van der Waals surface area contributed by atoms with Crippen molar-refractivity contribution in [2.24, 2.45) is 16.5 Å². The molecule has 3 aromatic carbocycles. The second-order valence-corrected chi connectivity index (χ2v) is 8.11. The molecule has 0 saturated carbocycles. The number of hydrogen-bond donors (Lipinski definition) is 2. The lowest BCUT2D eigenvalue weighted by Gasteiger charge is -2.13. The number of aliphatic imine (C=N–C) groups is 1. The van der Waals surface area contributed by atoms with Crippen LogP contribution in [0, 0.1) is 13.8 Å². The smallest absolute Gasteiger partial charge is 0.349 e. The Bertz CT molecular complexity index is 1280. The highest BCUT2D eigenvalue weighted by molar-refractivity contribution is 5.91. The van der Waals surface area contributed by atoms with E-state index in [2.05, 4.69) is 4.99 Å². The van der Waals surface area contributed by atoms with Crippen molar-refractivity contribution in [2.45, 2.75) is 26.7 Å². The predicted molar refractivity (Wildman–Crippen MR) is 134 cm³/mol. The maximum absolute atomic E-state index is 12.4. The highest BCUT2D eigenvalue weighted by atomic mass is 16.6. The third-order valence-corrected chi connectivity index (χ3v) is 5.19. The predicted octanol–water partition coefficient (Wildman–Crippen LogP) is 3.68.